The van der Waals surface area contributed by atoms with E-state index in [2.05, 4.69) is 30.9 Å². The van der Waals surface area contributed by atoms with Crippen molar-refractivity contribution in [1.29, 1.82) is 0 Å². The van der Waals surface area contributed by atoms with Crippen molar-refractivity contribution in [2.75, 3.05) is 33.3 Å². The van der Waals surface area contributed by atoms with Gasteiger partial charge in [0.15, 0.2) is 0 Å². The molecule has 1 aromatic carbocycles. The maximum Gasteiger partial charge on any atom is 0.226 e. The lowest BCUT2D eigenvalue weighted by Crippen LogP contribution is -2.44. The topological polar surface area (TPSA) is 32.8 Å². The molecule has 0 N–H and O–H groups in total. The Labute approximate surface area is 134 Å². The average Bonchev–Trinajstić information content (AvgIpc) is 2.56. The fraction of sp³-hybridized carbons (Fsp3) is 0.611. The van der Waals surface area contributed by atoms with Crippen LogP contribution in [0.5, 0.6) is 5.75 Å². The lowest BCUT2D eigenvalue weighted by atomic mass is 9.96. The molecule has 1 aromatic rings. The van der Waals surface area contributed by atoms with Crippen LogP contribution < -0.4 is 4.74 Å². The van der Waals surface area contributed by atoms with Crippen LogP contribution in [0, 0.1) is 5.92 Å². The zero-order valence-corrected chi connectivity index (χ0v) is 14.0. The van der Waals surface area contributed by atoms with Crippen LogP contribution in [0.25, 0.3) is 0 Å². The highest BCUT2D eigenvalue weighted by Gasteiger charge is 2.28. The first-order valence-corrected chi connectivity index (χ1v) is 8.32. The van der Waals surface area contributed by atoms with Gasteiger partial charge in [0.05, 0.1) is 13.0 Å². The molecule has 4 nitrogen and oxygen atoms in total. The molecule has 1 heterocycles. The second-order valence-electron chi connectivity index (χ2n) is 5.94. The van der Waals surface area contributed by atoms with Crippen LogP contribution in [0.15, 0.2) is 24.3 Å². The summed E-state index contributed by atoms with van der Waals surface area (Å²) in [5.74, 6) is 1.37. The Hall–Kier alpha value is -1.55. The molecule has 0 saturated carbocycles. The molecule has 2 rings (SSSR count). The lowest BCUT2D eigenvalue weighted by Gasteiger charge is -2.34. The molecule has 0 radical (unpaired) electrons. The lowest BCUT2D eigenvalue weighted by molar-refractivity contribution is -0.137. The van der Waals surface area contributed by atoms with Crippen LogP contribution in [0.4, 0.5) is 0 Å². The van der Waals surface area contributed by atoms with E-state index in [1.54, 1.807) is 7.11 Å². The van der Waals surface area contributed by atoms with Crippen molar-refractivity contribution in [2.45, 2.75) is 33.2 Å². The molecule has 0 aliphatic carbocycles. The Balaban J connectivity index is 1.96. The van der Waals surface area contributed by atoms with Gasteiger partial charge < -0.3 is 9.64 Å². The van der Waals surface area contributed by atoms with Crippen LogP contribution in [0.3, 0.4) is 0 Å². The average molecular weight is 304 g/mol. The summed E-state index contributed by atoms with van der Waals surface area (Å²) in [6.45, 7) is 8.55. The number of amides is 1. The van der Waals surface area contributed by atoms with Crippen molar-refractivity contribution in [3.05, 3.63) is 29.8 Å². The highest BCUT2D eigenvalue weighted by molar-refractivity contribution is 5.79. The molecule has 1 fully saturated rings. The van der Waals surface area contributed by atoms with Gasteiger partial charge in [0.25, 0.3) is 0 Å². The molecule has 1 amide bonds. The third kappa shape index (κ3) is 4.23. The molecule has 122 valence electrons. The van der Waals surface area contributed by atoms with Crippen LogP contribution in [0.2, 0.25) is 0 Å². The molecule has 22 heavy (non-hydrogen) atoms. The zero-order valence-electron chi connectivity index (χ0n) is 14.0. The van der Waals surface area contributed by atoms with Crippen molar-refractivity contribution in [3.8, 4) is 5.75 Å². The molecule has 1 atom stereocenters. The van der Waals surface area contributed by atoms with Gasteiger partial charge in [-0.15, -0.1) is 0 Å². The number of likely N-dealkylation sites (tertiary alicyclic amines) is 1. The summed E-state index contributed by atoms with van der Waals surface area (Å²) in [5.41, 5.74) is 1.25. The second kappa shape index (κ2) is 8.18. The first-order valence-electron chi connectivity index (χ1n) is 8.32. The normalized spacial score (nSPS) is 19.0. The molecule has 0 spiro atoms. The van der Waals surface area contributed by atoms with E-state index >= 15 is 0 Å². The molecule has 1 aliphatic rings. The summed E-state index contributed by atoms with van der Waals surface area (Å²) in [4.78, 5) is 16.9. The van der Waals surface area contributed by atoms with E-state index in [-0.39, 0.29) is 5.92 Å². The Bertz CT molecular complexity index is 486. The fourth-order valence-corrected chi connectivity index (χ4v) is 3.22. The third-order valence-corrected chi connectivity index (χ3v) is 4.47. The summed E-state index contributed by atoms with van der Waals surface area (Å²) in [7, 11) is 1.69. The van der Waals surface area contributed by atoms with Gasteiger partial charge in [-0.3, -0.25) is 9.69 Å². The van der Waals surface area contributed by atoms with E-state index in [1.165, 1.54) is 5.56 Å². The Morgan fingerprint density at radius 3 is 2.82 bits per heavy atom. The van der Waals surface area contributed by atoms with Gasteiger partial charge in [-0.2, -0.15) is 0 Å². The Morgan fingerprint density at radius 2 is 2.14 bits per heavy atom. The number of nitrogens with zero attached hydrogens (tertiary/aromatic N) is 2. The zero-order chi connectivity index (χ0) is 15.9. The van der Waals surface area contributed by atoms with Crippen LogP contribution >= 0.6 is 0 Å². The third-order valence-electron chi connectivity index (χ3n) is 4.47. The highest BCUT2D eigenvalue weighted by Crippen LogP contribution is 2.22. The molecule has 1 unspecified atom stereocenters. The molecular weight excluding hydrogens is 276 g/mol. The number of hydrogen-bond donors (Lipinski definition) is 0. The highest BCUT2D eigenvalue weighted by atomic mass is 16.5. The maximum atomic E-state index is 12.5. The molecule has 4 heteroatoms. The van der Waals surface area contributed by atoms with Gasteiger partial charge in [0, 0.05) is 26.2 Å². The maximum absolute atomic E-state index is 12.5. The molecule has 0 bridgehead atoms. The van der Waals surface area contributed by atoms with Crippen molar-refractivity contribution < 1.29 is 9.53 Å². The number of rotatable bonds is 6. The summed E-state index contributed by atoms with van der Waals surface area (Å²) in [5, 5.41) is 0. The number of hydrogen-bond acceptors (Lipinski definition) is 3. The van der Waals surface area contributed by atoms with E-state index in [4.69, 9.17) is 4.74 Å². The molecule has 0 aromatic heterocycles. The first kappa shape index (κ1) is 16.8. The Kier molecular flexibility index (Phi) is 6.25. The largest absolute Gasteiger partial charge is 0.497 e. The second-order valence-corrected chi connectivity index (χ2v) is 5.94. The first-order chi connectivity index (χ1) is 10.7. The van der Waals surface area contributed by atoms with Crippen molar-refractivity contribution in [3.63, 3.8) is 0 Å². The van der Waals surface area contributed by atoms with Crippen molar-refractivity contribution in [1.82, 2.24) is 9.80 Å². The van der Waals surface area contributed by atoms with E-state index in [9.17, 15) is 4.79 Å². The van der Waals surface area contributed by atoms with E-state index in [0.717, 1.165) is 51.3 Å². The minimum Gasteiger partial charge on any atom is -0.497 e. The van der Waals surface area contributed by atoms with Gasteiger partial charge in [-0.05, 0) is 50.9 Å². The predicted octanol–water partition coefficient (Wildman–Crippen LogP) is 2.78. The van der Waals surface area contributed by atoms with Crippen molar-refractivity contribution in [2.24, 2.45) is 5.92 Å². The smallest absolute Gasteiger partial charge is 0.226 e. The number of carbonyl (C=O) groups excluding carboxylic acids is 1. The van der Waals surface area contributed by atoms with Crippen LogP contribution in [-0.4, -0.2) is 49.0 Å². The van der Waals surface area contributed by atoms with Gasteiger partial charge >= 0.3 is 0 Å². The van der Waals surface area contributed by atoms with Crippen LogP contribution in [0.1, 0.15) is 32.3 Å². The number of benzene rings is 1. The Morgan fingerprint density at radius 1 is 1.36 bits per heavy atom. The minimum atomic E-state index is 0.152. The van der Waals surface area contributed by atoms with E-state index < -0.39 is 0 Å². The molecular formula is C18H28N2O2. The predicted molar refractivity (Wildman–Crippen MR) is 88.9 cm³/mol. The van der Waals surface area contributed by atoms with Gasteiger partial charge in [0.2, 0.25) is 5.91 Å². The molecule has 1 aliphatic heterocycles. The quantitative estimate of drug-likeness (QED) is 0.810. The summed E-state index contributed by atoms with van der Waals surface area (Å²) in [6.07, 6.45) is 2.12. The standard InChI is InChI=1S/C18H28N2O2/c1-4-20(5-2)18(21)16-9-7-11-19(14-16)13-15-8-6-10-17(12-15)22-3/h6,8,10,12,16H,4-5,7,9,11,13-14H2,1-3H3. The van der Waals surface area contributed by atoms with Gasteiger partial charge in [-0.1, -0.05) is 12.1 Å². The summed E-state index contributed by atoms with van der Waals surface area (Å²) in [6, 6.07) is 8.19. The number of ether oxygens (including phenoxy) is 1. The monoisotopic (exact) mass is 304 g/mol. The number of methoxy groups -OCH3 is 1. The number of carbonyl (C=O) groups is 1. The van der Waals surface area contributed by atoms with E-state index in [0.29, 0.717) is 5.91 Å². The van der Waals surface area contributed by atoms with Gasteiger partial charge in [-0.25, -0.2) is 0 Å². The minimum absolute atomic E-state index is 0.152. The van der Waals surface area contributed by atoms with Crippen LogP contribution in [-0.2, 0) is 11.3 Å². The van der Waals surface area contributed by atoms with E-state index in [1.807, 2.05) is 17.0 Å². The SMILES string of the molecule is CCN(CC)C(=O)C1CCCN(Cc2cccc(OC)c2)C1. The summed E-state index contributed by atoms with van der Waals surface area (Å²) < 4.78 is 5.28. The van der Waals surface area contributed by atoms with Crippen molar-refractivity contribution >= 4 is 5.91 Å². The van der Waals surface area contributed by atoms with Gasteiger partial charge in [0.1, 0.15) is 5.75 Å². The number of piperidine rings is 1. The summed E-state index contributed by atoms with van der Waals surface area (Å²) >= 11 is 0. The fourth-order valence-electron chi connectivity index (χ4n) is 3.22. The molecule has 1 saturated heterocycles.